The van der Waals surface area contributed by atoms with Gasteiger partial charge in [0.1, 0.15) is 0 Å². The van der Waals surface area contributed by atoms with Crippen LogP contribution in [0.5, 0.6) is 0 Å². The maximum Gasteiger partial charge on any atom is 0.251 e. The van der Waals surface area contributed by atoms with Crippen LogP contribution >= 0.6 is 27.3 Å². The Morgan fingerprint density at radius 2 is 2.22 bits per heavy atom. The van der Waals surface area contributed by atoms with Crippen LogP contribution in [0.25, 0.3) is 0 Å². The first kappa shape index (κ1) is 13.1. The van der Waals surface area contributed by atoms with Crippen molar-refractivity contribution in [2.24, 2.45) is 0 Å². The summed E-state index contributed by atoms with van der Waals surface area (Å²) in [5.41, 5.74) is 7.85. The van der Waals surface area contributed by atoms with Gasteiger partial charge in [-0.05, 0) is 46.6 Å². The van der Waals surface area contributed by atoms with Gasteiger partial charge in [-0.1, -0.05) is 6.07 Å². The molecule has 5 heteroatoms. The number of nitrogens with two attached hydrogens (primary N) is 1. The van der Waals surface area contributed by atoms with Crippen molar-refractivity contribution in [2.45, 2.75) is 13.5 Å². The quantitative estimate of drug-likeness (QED) is 0.851. The van der Waals surface area contributed by atoms with Gasteiger partial charge in [0.2, 0.25) is 0 Å². The van der Waals surface area contributed by atoms with E-state index in [0.717, 1.165) is 14.9 Å². The highest BCUT2D eigenvalue weighted by atomic mass is 79.9. The highest BCUT2D eigenvalue weighted by Gasteiger charge is 2.09. The van der Waals surface area contributed by atoms with Crippen molar-refractivity contribution in [1.82, 2.24) is 5.32 Å². The lowest BCUT2D eigenvalue weighted by Gasteiger charge is -2.07. The Morgan fingerprint density at radius 1 is 1.44 bits per heavy atom. The summed E-state index contributed by atoms with van der Waals surface area (Å²) in [6.07, 6.45) is 0. The summed E-state index contributed by atoms with van der Waals surface area (Å²) < 4.78 is 1.04. The van der Waals surface area contributed by atoms with Gasteiger partial charge in [-0.3, -0.25) is 4.79 Å². The molecule has 2 rings (SSSR count). The van der Waals surface area contributed by atoms with Gasteiger partial charge >= 0.3 is 0 Å². The second-order valence-corrected chi connectivity index (χ2v) is 5.90. The van der Waals surface area contributed by atoms with E-state index in [0.29, 0.717) is 17.8 Å². The topological polar surface area (TPSA) is 55.1 Å². The van der Waals surface area contributed by atoms with Gasteiger partial charge < -0.3 is 11.1 Å². The summed E-state index contributed by atoms with van der Waals surface area (Å²) in [5.74, 6) is -0.0932. The number of rotatable bonds is 3. The lowest BCUT2D eigenvalue weighted by Crippen LogP contribution is -2.23. The van der Waals surface area contributed by atoms with E-state index in [1.165, 1.54) is 0 Å². The molecule has 1 heterocycles. The summed E-state index contributed by atoms with van der Waals surface area (Å²) in [5, 5.41) is 4.89. The van der Waals surface area contributed by atoms with Crippen molar-refractivity contribution in [3.05, 3.63) is 50.1 Å². The van der Waals surface area contributed by atoms with E-state index in [-0.39, 0.29) is 5.91 Å². The van der Waals surface area contributed by atoms with E-state index < -0.39 is 0 Å². The van der Waals surface area contributed by atoms with Crippen molar-refractivity contribution in [3.8, 4) is 0 Å². The first-order valence-electron chi connectivity index (χ1n) is 5.43. The van der Waals surface area contributed by atoms with Crippen LogP contribution in [0.3, 0.4) is 0 Å². The minimum atomic E-state index is -0.0932. The molecule has 0 bridgehead atoms. The molecule has 0 atom stereocenters. The second-order valence-electron chi connectivity index (χ2n) is 3.99. The smallest absolute Gasteiger partial charge is 0.251 e. The van der Waals surface area contributed by atoms with Crippen LogP contribution < -0.4 is 11.1 Å². The molecule has 3 nitrogen and oxygen atoms in total. The Morgan fingerprint density at radius 3 is 2.89 bits per heavy atom. The summed E-state index contributed by atoms with van der Waals surface area (Å²) in [7, 11) is 0. The van der Waals surface area contributed by atoms with E-state index >= 15 is 0 Å². The first-order chi connectivity index (χ1) is 8.56. The molecule has 0 radical (unpaired) electrons. The molecule has 0 aliphatic rings. The van der Waals surface area contributed by atoms with Gasteiger partial charge in [-0.15, -0.1) is 11.3 Å². The molecule has 0 saturated heterocycles. The number of hydrogen-bond donors (Lipinski definition) is 2. The third-order valence-electron chi connectivity index (χ3n) is 2.55. The summed E-state index contributed by atoms with van der Waals surface area (Å²) in [4.78, 5) is 13.1. The fourth-order valence-corrected chi connectivity index (χ4v) is 2.98. The fraction of sp³-hybridized carbons (Fsp3) is 0.154. The molecule has 18 heavy (non-hydrogen) atoms. The highest BCUT2D eigenvalue weighted by molar-refractivity contribution is 9.10. The predicted molar refractivity (Wildman–Crippen MR) is 78.8 cm³/mol. The molecule has 0 saturated carbocycles. The summed E-state index contributed by atoms with van der Waals surface area (Å²) in [6, 6.07) is 7.35. The zero-order chi connectivity index (χ0) is 13.1. The Labute approximate surface area is 118 Å². The number of anilines is 1. The third kappa shape index (κ3) is 3.11. The third-order valence-corrected chi connectivity index (χ3v) is 4.25. The molecule has 0 aliphatic carbocycles. The van der Waals surface area contributed by atoms with Crippen LogP contribution in [0.4, 0.5) is 5.69 Å². The molecule has 94 valence electrons. The molecular weight excluding hydrogens is 312 g/mol. The number of aryl methyl sites for hydroxylation is 1. The molecule has 3 N–H and O–H groups in total. The number of nitrogen functional groups attached to an aromatic ring is 1. The van der Waals surface area contributed by atoms with Crippen molar-refractivity contribution < 1.29 is 4.79 Å². The number of thiophene rings is 1. The molecule has 0 unspecified atom stereocenters. The van der Waals surface area contributed by atoms with Crippen molar-refractivity contribution >= 4 is 38.9 Å². The fourth-order valence-electron chi connectivity index (χ4n) is 1.59. The van der Waals surface area contributed by atoms with E-state index in [1.807, 2.05) is 24.4 Å². The van der Waals surface area contributed by atoms with Crippen LogP contribution in [0.1, 0.15) is 20.8 Å². The molecular formula is C13H13BrN2OS. The minimum Gasteiger partial charge on any atom is -0.399 e. The van der Waals surface area contributed by atoms with Crippen LogP contribution in [-0.4, -0.2) is 5.91 Å². The summed E-state index contributed by atoms with van der Waals surface area (Å²) >= 11 is 4.99. The number of carbonyl (C=O) groups excluding carboxylic acids is 1. The SMILES string of the molecule is Cc1ccc(N)cc1C(=O)NCc1cc(Br)cs1. The molecule has 2 aromatic rings. The lowest BCUT2D eigenvalue weighted by molar-refractivity contribution is 0.0950. The average molecular weight is 325 g/mol. The van der Waals surface area contributed by atoms with E-state index in [9.17, 15) is 4.79 Å². The first-order valence-corrected chi connectivity index (χ1v) is 7.11. The van der Waals surface area contributed by atoms with Gasteiger partial charge in [0, 0.05) is 26.0 Å². The molecule has 1 amide bonds. The van der Waals surface area contributed by atoms with Crippen molar-refractivity contribution in [3.63, 3.8) is 0 Å². The largest absolute Gasteiger partial charge is 0.399 e. The van der Waals surface area contributed by atoms with Crippen molar-refractivity contribution in [1.29, 1.82) is 0 Å². The number of hydrogen-bond acceptors (Lipinski definition) is 3. The Kier molecular flexibility index (Phi) is 4.04. The zero-order valence-corrected chi connectivity index (χ0v) is 12.3. The molecule has 0 spiro atoms. The van der Waals surface area contributed by atoms with Gasteiger partial charge in [-0.25, -0.2) is 0 Å². The van der Waals surface area contributed by atoms with Crippen LogP contribution in [0, 0.1) is 6.92 Å². The molecule has 1 aromatic carbocycles. The standard InChI is InChI=1S/C13H13BrN2OS/c1-8-2-3-10(15)5-12(8)13(17)16-6-11-4-9(14)7-18-11/h2-5,7H,6,15H2,1H3,(H,16,17). The van der Waals surface area contributed by atoms with Crippen LogP contribution in [0.2, 0.25) is 0 Å². The van der Waals surface area contributed by atoms with Crippen molar-refractivity contribution in [2.75, 3.05) is 5.73 Å². The number of halogens is 1. The minimum absolute atomic E-state index is 0.0932. The Balaban J connectivity index is 2.05. The van der Waals surface area contributed by atoms with Gasteiger partial charge in [0.25, 0.3) is 5.91 Å². The van der Waals surface area contributed by atoms with Crippen LogP contribution in [0.15, 0.2) is 34.1 Å². The second kappa shape index (κ2) is 5.54. The highest BCUT2D eigenvalue weighted by Crippen LogP contribution is 2.19. The van der Waals surface area contributed by atoms with E-state index in [4.69, 9.17) is 5.73 Å². The van der Waals surface area contributed by atoms with Gasteiger partial charge in [0.15, 0.2) is 0 Å². The van der Waals surface area contributed by atoms with E-state index in [2.05, 4.69) is 21.2 Å². The predicted octanol–water partition coefficient (Wildman–Crippen LogP) is 3.33. The number of benzene rings is 1. The summed E-state index contributed by atoms with van der Waals surface area (Å²) in [6.45, 7) is 2.43. The normalized spacial score (nSPS) is 10.3. The zero-order valence-electron chi connectivity index (χ0n) is 9.87. The van der Waals surface area contributed by atoms with Crippen LogP contribution in [-0.2, 0) is 6.54 Å². The molecule has 0 fully saturated rings. The van der Waals surface area contributed by atoms with E-state index in [1.54, 1.807) is 23.5 Å². The number of amides is 1. The number of nitrogens with one attached hydrogen (secondary N) is 1. The Bertz CT molecular complexity index is 580. The average Bonchev–Trinajstić information content (AvgIpc) is 2.75. The maximum absolute atomic E-state index is 12.0. The maximum atomic E-state index is 12.0. The molecule has 1 aromatic heterocycles. The molecule has 0 aliphatic heterocycles. The van der Waals surface area contributed by atoms with Gasteiger partial charge in [-0.2, -0.15) is 0 Å². The van der Waals surface area contributed by atoms with Gasteiger partial charge in [0.05, 0.1) is 6.54 Å². The Hall–Kier alpha value is -1.33. The lowest BCUT2D eigenvalue weighted by atomic mass is 10.1. The monoisotopic (exact) mass is 324 g/mol. The number of carbonyl (C=O) groups is 1.